The second-order valence-corrected chi connectivity index (χ2v) is 11.2. The Bertz CT molecular complexity index is 1880. The first-order chi connectivity index (χ1) is 19.1. The fourth-order valence-corrected chi connectivity index (χ4v) is 7.09. The minimum atomic E-state index is -0.507. The molecule has 2 aliphatic rings. The van der Waals surface area contributed by atoms with Crippen molar-refractivity contribution < 1.29 is 4.74 Å². The van der Waals surface area contributed by atoms with Crippen molar-refractivity contribution in [3.05, 3.63) is 161 Å². The van der Waals surface area contributed by atoms with Gasteiger partial charge in [0.2, 0.25) is 0 Å². The Balaban J connectivity index is 1.52. The van der Waals surface area contributed by atoms with Crippen LogP contribution in [-0.2, 0) is 10.8 Å². The third-order valence-corrected chi connectivity index (χ3v) is 8.83. The zero-order valence-electron chi connectivity index (χ0n) is 22.0. The summed E-state index contributed by atoms with van der Waals surface area (Å²) in [6.07, 6.45) is 1.97. The lowest BCUT2D eigenvalue weighted by atomic mass is 9.53. The Kier molecular flexibility index (Phi) is 4.52. The second-order valence-electron chi connectivity index (χ2n) is 11.2. The van der Waals surface area contributed by atoms with Gasteiger partial charge in [-0.25, -0.2) is 0 Å². The van der Waals surface area contributed by atoms with Gasteiger partial charge in [-0.1, -0.05) is 117 Å². The number of fused-ring (bicyclic) bond motifs is 9. The molecule has 2 heteroatoms. The lowest BCUT2D eigenvalue weighted by Gasteiger charge is -2.50. The number of para-hydroxylation sites is 3. The smallest absolute Gasteiger partial charge is 0.140 e. The predicted octanol–water partition coefficient (Wildman–Crippen LogP) is 9.03. The molecule has 2 heterocycles. The van der Waals surface area contributed by atoms with Crippen LogP contribution in [0.25, 0.3) is 22.0 Å². The standard InChI is InChI=1S/C37H27NO/c1-36(2)27-14-4-6-16-29(27)37(30-17-7-5-15-28(30)36)31-18-8-10-21-34(31)39-35-26(13-11-19-32(35)37)25-22-24-12-3-9-20-33(24)38-23-25/h3-23H,1-2H3. The summed E-state index contributed by atoms with van der Waals surface area (Å²) in [5.41, 5.74) is 10.2. The first kappa shape index (κ1) is 22.3. The van der Waals surface area contributed by atoms with E-state index in [2.05, 4.69) is 129 Å². The fraction of sp³-hybridized carbons (Fsp3) is 0.108. The van der Waals surface area contributed by atoms with Crippen LogP contribution in [0.1, 0.15) is 47.2 Å². The molecule has 1 aliphatic heterocycles. The zero-order chi connectivity index (χ0) is 26.2. The number of benzene rings is 5. The van der Waals surface area contributed by atoms with Crippen molar-refractivity contribution in [2.75, 3.05) is 0 Å². The van der Waals surface area contributed by atoms with Crippen molar-refractivity contribution in [1.29, 1.82) is 0 Å². The molecule has 0 saturated carbocycles. The van der Waals surface area contributed by atoms with E-state index in [1.165, 1.54) is 33.4 Å². The van der Waals surface area contributed by atoms with Crippen molar-refractivity contribution in [2.45, 2.75) is 24.7 Å². The molecule has 0 radical (unpaired) electrons. The molecule has 6 aromatic rings. The van der Waals surface area contributed by atoms with E-state index in [0.29, 0.717) is 0 Å². The van der Waals surface area contributed by atoms with Crippen LogP contribution in [-0.4, -0.2) is 4.98 Å². The van der Waals surface area contributed by atoms with E-state index in [1.807, 2.05) is 12.3 Å². The molecule has 0 saturated heterocycles. The summed E-state index contributed by atoms with van der Waals surface area (Å²) in [6, 6.07) is 43.6. The minimum absolute atomic E-state index is 0.133. The number of pyridine rings is 1. The maximum Gasteiger partial charge on any atom is 0.140 e. The number of nitrogens with zero attached hydrogens (tertiary/aromatic N) is 1. The average molecular weight is 502 g/mol. The van der Waals surface area contributed by atoms with Crippen LogP contribution in [0.15, 0.2) is 128 Å². The molecule has 2 nitrogen and oxygen atoms in total. The van der Waals surface area contributed by atoms with Crippen LogP contribution in [0.3, 0.4) is 0 Å². The highest BCUT2D eigenvalue weighted by atomic mass is 16.5. The Morgan fingerprint density at radius 1 is 0.564 bits per heavy atom. The molecule has 1 aliphatic carbocycles. The monoisotopic (exact) mass is 501 g/mol. The summed E-state index contributed by atoms with van der Waals surface area (Å²) in [7, 11) is 0. The average Bonchev–Trinajstić information content (AvgIpc) is 2.99. The number of rotatable bonds is 1. The molecule has 0 amide bonds. The third-order valence-electron chi connectivity index (χ3n) is 8.83. The summed E-state index contributed by atoms with van der Waals surface area (Å²) >= 11 is 0. The van der Waals surface area contributed by atoms with Gasteiger partial charge in [0.15, 0.2) is 0 Å². The highest BCUT2D eigenvalue weighted by Gasteiger charge is 2.53. The number of aromatic nitrogens is 1. The van der Waals surface area contributed by atoms with E-state index < -0.39 is 5.41 Å². The van der Waals surface area contributed by atoms with Crippen molar-refractivity contribution in [3.8, 4) is 22.6 Å². The molecule has 0 bridgehead atoms. The highest BCUT2D eigenvalue weighted by Crippen LogP contribution is 2.62. The molecule has 1 spiro atoms. The van der Waals surface area contributed by atoms with Crippen molar-refractivity contribution in [3.63, 3.8) is 0 Å². The van der Waals surface area contributed by atoms with Gasteiger partial charge in [0.25, 0.3) is 0 Å². The molecule has 0 fully saturated rings. The molecule has 5 aromatic carbocycles. The quantitative estimate of drug-likeness (QED) is 0.224. The van der Waals surface area contributed by atoms with E-state index in [-0.39, 0.29) is 5.41 Å². The van der Waals surface area contributed by atoms with Crippen LogP contribution in [0.2, 0.25) is 0 Å². The molecular formula is C37H27NO. The molecular weight excluding hydrogens is 474 g/mol. The Morgan fingerprint density at radius 3 is 1.90 bits per heavy atom. The summed E-state index contributed by atoms with van der Waals surface area (Å²) < 4.78 is 6.86. The number of hydrogen-bond acceptors (Lipinski definition) is 2. The van der Waals surface area contributed by atoms with E-state index in [4.69, 9.17) is 9.72 Å². The fourth-order valence-electron chi connectivity index (χ4n) is 7.09. The van der Waals surface area contributed by atoms with Gasteiger partial charge in [-0.05, 0) is 40.5 Å². The summed E-state index contributed by atoms with van der Waals surface area (Å²) in [6.45, 7) is 4.70. The Morgan fingerprint density at radius 2 is 1.15 bits per heavy atom. The van der Waals surface area contributed by atoms with Crippen LogP contribution < -0.4 is 4.74 Å². The van der Waals surface area contributed by atoms with Crippen LogP contribution >= 0.6 is 0 Å². The molecule has 39 heavy (non-hydrogen) atoms. The van der Waals surface area contributed by atoms with Gasteiger partial charge < -0.3 is 4.74 Å². The van der Waals surface area contributed by atoms with Gasteiger partial charge in [0.05, 0.1) is 10.9 Å². The number of ether oxygens (including phenoxy) is 1. The normalized spacial score (nSPS) is 15.5. The van der Waals surface area contributed by atoms with Crippen LogP contribution in [0.5, 0.6) is 11.5 Å². The Hall–Kier alpha value is -4.69. The lowest BCUT2D eigenvalue weighted by molar-refractivity contribution is 0.427. The van der Waals surface area contributed by atoms with E-state index in [1.54, 1.807) is 0 Å². The van der Waals surface area contributed by atoms with Gasteiger partial charge in [0, 0.05) is 39.3 Å². The molecule has 8 rings (SSSR count). The second kappa shape index (κ2) is 7.91. The summed E-state index contributed by atoms with van der Waals surface area (Å²) in [5.74, 6) is 1.80. The Labute approximate surface area is 228 Å². The van der Waals surface area contributed by atoms with Gasteiger partial charge in [-0.3, -0.25) is 4.98 Å². The van der Waals surface area contributed by atoms with Crippen LogP contribution in [0.4, 0.5) is 0 Å². The maximum atomic E-state index is 6.86. The van der Waals surface area contributed by atoms with Crippen molar-refractivity contribution in [2.24, 2.45) is 0 Å². The first-order valence-corrected chi connectivity index (χ1v) is 13.6. The van der Waals surface area contributed by atoms with Crippen LogP contribution in [0, 0.1) is 0 Å². The van der Waals surface area contributed by atoms with E-state index in [0.717, 1.165) is 33.5 Å². The third kappa shape index (κ3) is 2.89. The topological polar surface area (TPSA) is 22.1 Å². The number of hydrogen-bond donors (Lipinski definition) is 0. The van der Waals surface area contributed by atoms with Gasteiger partial charge in [0.1, 0.15) is 11.5 Å². The lowest BCUT2D eigenvalue weighted by Crippen LogP contribution is -2.43. The summed E-state index contributed by atoms with van der Waals surface area (Å²) in [5, 5.41) is 1.12. The minimum Gasteiger partial charge on any atom is -0.456 e. The maximum absolute atomic E-state index is 6.86. The first-order valence-electron chi connectivity index (χ1n) is 13.6. The highest BCUT2D eigenvalue weighted by molar-refractivity contribution is 5.87. The molecule has 0 atom stereocenters. The molecule has 0 N–H and O–H groups in total. The van der Waals surface area contributed by atoms with Gasteiger partial charge in [-0.15, -0.1) is 0 Å². The van der Waals surface area contributed by atoms with Gasteiger partial charge >= 0.3 is 0 Å². The van der Waals surface area contributed by atoms with E-state index in [9.17, 15) is 0 Å². The zero-order valence-corrected chi connectivity index (χ0v) is 22.0. The molecule has 0 unspecified atom stereocenters. The van der Waals surface area contributed by atoms with E-state index >= 15 is 0 Å². The van der Waals surface area contributed by atoms with Gasteiger partial charge in [-0.2, -0.15) is 0 Å². The molecule has 1 aromatic heterocycles. The summed E-state index contributed by atoms with van der Waals surface area (Å²) in [4.78, 5) is 4.79. The largest absolute Gasteiger partial charge is 0.456 e. The SMILES string of the molecule is CC1(C)c2ccccc2C2(c3ccccc3Oc3c(-c4cnc5ccccc5c4)cccc32)c2ccccc21. The molecule has 186 valence electrons. The van der Waals surface area contributed by atoms with Crippen molar-refractivity contribution in [1.82, 2.24) is 4.98 Å². The predicted molar refractivity (Wildman–Crippen MR) is 158 cm³/mol. The van der Waals surface area contributed by atoms with Crippen molar-refractivity contribution >= 4 is 10.9 Å².